The van der Waals surface area contributed by atoms with Gasteiger partial charge in [0.15, 0.2) is 23.3 Å². The van der Waals surface area contributed by atoms with Crippen LogP contribution in [-0.4, -0.2) is 54.1 Å². The highest BCUT2D eigenvalue weighted by molar-refractivity contribution is 5.80. The minimum absolute atomic E-state index is 0.0155. The third-order valence-corrected chi connectivity index (χ3v) is 4.72. The Bertz CT molecular complexity index is 890. The third kappa shape index (κ3) is 6.27. The molecule has 0 bridgehead atoms. The van der Waals surface area contributed by atoms with Gasteiger partial charge in [-0.1, -0.05) is 6.07 Å². The van der Waals surface area contributed by atoms with E-state index < -0.39 is 6.61 Å². The van der Waals surface area contributed by atoms with Crippen LogP contribution in [0, 0.1) is 0 Å². The quantitative estimate of drug-likeness (QED) is 0.457. The van der Waals surface area contributed by atoms with Crippen LogP contribution in [0.5, 0.6) is 11.5 Å². The van der Waals surface area contributed by atoms with E-state index in [0.29, 0.717) is 38.1 Å². The van der Waals surface area contributed by atoms with Crippen molar-refractivity contribution in [3.63, 3.8) is 0 Å². The second-order valence-electron chi connectivity index (χ2n) is 6.96. The number of ether oxygens (including phenoxy) is 3. The van der Waals surface area contributed by atoms with E-state index in [4.69, 9.17) is 9.47 Å². The summed E-state index contributed by atoms with van der Waals surface area (Å²) in [6.07, 6.45) is 1.72. The molecule has 1 aromatic heterocycles. The number of aromatic nitrogens is 3. The Balaban J connectivity index is 1.57. The maximum Gasteiger partial charge on any atom is 0.387 e. The molecule has 2 heterocycles. The van der Waals surface area contributed by atoms with Gasteiger partial charge < -0.3 is 24.8 Å². The van der Waals surface area contributed by atoms with E-state index >= 15 is 0 Å². The Labute approximate surface area is 179 Å². The number of nitrogens with zero attached hydrogens (tertiary/aromatic N) is 4. The van der Waals surface area contributed by atoms with Gasteiger partial charge in [0.25, 0.3) is 0 Å². The van der Waals surface area contributed by atoms with E-state index in [2.05, 4.69) is 30.4 Å². The lowest BCUT2D eigenvalue weighted by molar-refractivity contribution is -0.0514. The van der Waals surface area contributed by atoms with E-state index in [0.717, 1.165) is 24.2 Å². The summed E-state index contributed by atoms with van der Waals surface area (Å²) in [5.41, 5.74) is 0.847. The van der Waals surface area contributed by atoms with Crippen LogP contribution in [0.3, 0.4) is 0 Å². The fourth-order valence-corrected chi connectivity index (χ4v) is 3.37. The maximum absolute atomic E-state index is 12.6. The highest BCUT2D eigenvalue weighted by Crippen LogP contribution is 2.29. The van der Waals surface area contributed by atoms with Crippen LogP contribution in [0.1, 0.15) is 30.6 Å². The molecule has 0 fully saturated rings. The number of alkyl halides is 2. The number of guanidine groups is 1. The van der Waals surface area contributed by atoms with Gasteiger partial charge in [0, 0.05) is 33.2 Å². The van der Waals surface area contributed by atoms with Gasteiger partial charge in [0.1, 0.15) is 12.4 Å². The van der Waals surface area contributed by atoms with E-state index in [1.54, 1.807) is 33.2 Å². The predicted molar refractivity (Wildman–Crippen MR) is 110 cm³/mol. The predicted octanol–water partition coefficient (Wildman–Crippen LogP) is 2.10. The smallest absolute Gasteiger partial charge is 0.387 e. The molecule has 170 valence electrons. The first-order valence-corrected chi connectivity index (χ1v) is 10.1. The van der Waals surface area contributed by atoms with Crippen LogP contribution in [0.2, 0.25) is 0 Å². The lowest BCUT2D eigenvalue weighted by Gasteiger charge is -2.25. The minimum Gasteiger partial charge on any atom is -0.490 e. The second kappa shape index (κ2) is 10.9. The molecule has 0 saturated carbocycles. The average molecular weight is 438 g/mol. The average Bonchev–Trinajstić information content (AvgIpc) is 3.14. The summed E-state index contributed by atoms with van der Waals surface area (Å²) in [4.78, 5) is 8.76. The third-order valence-electron chi connectivity index (χ3n) is 4.72. The summed E-state index contributed by atoms with van der Waals surface area (Å²) in [5, 5.41) is 11.1. The number of nitrogens with one attached hydrogen (secondary N) is 2. The molecule has 0 radical (unpaired) electrons. The Morgan fingerprint density at radius 1 is 1.35 bits per heavy atom. The number of halogens is 2. The van der Waals surface area contributed by atoms with Crippen molar-refractivity contribution in [3.8, 4) is 11.5 Å². The van der Waals surface area contributed by atoms with Crippen molar-refractivity contribution in [3.05, 3.63) is 35.4 Å². The molecule has 11 heteroatoms. The first kappa shape index (κ1) is 22.7. The van der Waals surface area contributed by atoms with Gasteiger partial charge in [-0.15, -0.1) is 0 Å². The van der Waals surface area contributed by atoms with Crippen molar-refractivity contribution in [2.24, 2.45) is 4.99 Å². The van der Waals surface area contributed by atoms with Crippen LogP contribution in [0.25, 0.3) is 0 Å². The van der Waals surface area contributed by atoms with Gasteiger partial charge in [0.2, 0.25) is 0 Å². The standard InChI is InChI=1S/C20H28F2N6O3/c1-4-30-16-9-13(5-7-15(16)31-19(21)22)10-24-20(23-2)25-14-6-8-18-26-17(12-29-3)27-28(18)11-14/h5,7,9,14,19H,4,6,8,10-12H2,1-3H3,(H2,23,24,25). The van der Waals surface area contributed by atoms with Crippen molar-refractivity contribution in [2.45, 2.75) is 52.1 Å². The van der Waals surface area contributed by atoms with Crippen LogP contribution in [-0.2, 0) is 30.9 Å². The summed E-state index contributed by atoms with van der Waals surface area (Å²) < 4.78 is 42.1. The van der Waals surface area contributed by atoms with E-state index in [1.165, 1.54) is 6.07 Å². The minimum atomic E-state index is -2.90. The van der Waals surface area contributed by atoms with Gasteiger partial charge in [-0.2, -0.15) is 13.9 Å². The molecule has 0 saturated heterocycles. The second-order valence-corrected chi connectivity index (χ2v) is 6.96. The molecule has 0 aliphatic carbocycles. The number of aryl methyl sites for hydroxylation is 1. The van der Waals surface area contributed by atoms with Crippen LogP contribution in [0.15, 0.2) is 23.2 Å². The van der Waals surface area contributed by atoms with Crippen molar-refractivity contribution in [1.82, 2.24) is 25.4 Å². The van der Waals surface area contributed by atoms with E-state index in [-0.39, 0.29) is 17.5 Å². The van der Waals surface area contributed by atoms with Crippen LogP contribution < -0.4 is 20.1 Å². The molecule has 1 aromatic carbocycles. The number of benzene rings is 1. The Kier molecular flexibility index (Phi) is 7.99. The number of hydrogen-bond donors (Lipinski definition) is 2. The van der Waals surface area contributed by atoms with Crippen molar-refractivity contribution in [1.29, 1.82) is 0 Å². The summed E-state index contributed by atoms with van der Waals surface area (Å²) in [5.74, 6) is 2.58. The molecule has 2 N–H and O–H groups in total. The molecule has 3 rings (SSSR count). The van der Waals surface area contributed by atoms with E-state index in [1.807, 2.05) is 4.68 Å². The molecular formula is C20H28F2N6O3. The molecule has 1 aliphatic heterocycles. The summed E-state index contributed by atoms with van der Waals surface area (Å²) in [6, 6.07) is 5.02. The normalized spacial score (nSPS) is 16.2. The molecule has 1 aliphatic rings. The summed E-state index contributed by atoms with van der Waals surface area (Å²) in [7, 11) is 3.32. The summed E-state index contributed by atoms with van der Waals surface area (Å²) in [6.45, 7) is 0.739. The zero-order valence-electron chi connectivity index (χ0n) is 17.9. The molecule has 0 spiro atoms. The molecule has 2 aromatic rings. The summed E-state index contributed by atoms with van der Waals surface area (Å²) >= 11 is 0. The monoisotopic (exact) mass is 438 g/mol. The van der Waals surface area contributed by atoms with Crippen molar-refractivity contribution < 1.29 is 23.0 Å². The largest absolute Gasteiger partial charge is 0.490 e. The number of methoxy groups -OCH3 is 1. The maximum atomic E-state index is 12.6. The Morgan fingerprint density at radius 3 is 2.90 bits per heavy atom. The molecule has 1 unspecified atom stereocenters. The van der Waals surface area contributed by atoms with Crippen molar-refractivity contribution in [2.75, 3.05) is 20.8 Å². The van der Waals surface area contributed by atoms with Gasteiger partial charge in [0.05, 0.1) is 13.2 Å². The zero-order chi connectivity index (χ0) is 22.2. The van der Waals surface area contributed by atoms with Crippen LogP contribution in [0.4, 0.5) is 8.78 Å². The lowest BCUT2D eigenvalue weighted by atomic mass is 10.1. The van der Waals surface area contributed by atoms with Gasteiger partial charge in [-0.3, -0.25) is 4.99 Å². The Morgan fingerprint density at radius 2 is 2.19 bits per heavy atom. The number of aliphatic imine (C=N–C) groups is 1. The molecule has 1 atom stereocenters. The lowest BCUT2D eigenvalue weighted by Crippen LogP contribution is -2.46. The fraction of sp³-hybridized carbons (Fsp3) is 0.550. The number of fused-ring (bicyclic) bond motifs is 1. The highest BCUT2D eigenvalue weighted by Gasteiger charge is 2.22. The first-order valence-electron chi connectivity index (χ1n) is 10.1. The number of rotatable bonds is 9. The van der Waals surface area contributed by atoms with Gasteiger partial charge in [-0.25, -0.2) is 9.67 Å². The molecule has 9 nitrogen and oxygen atoms in total. The van der Waals surface area contributed by atoms with Gasteiger partial charge in [-0.05, 0) is 31.0 Å². The SMILES string of the molecule is CCOc1cc(CNC(=NC)NC2CCc3nc(COC)nn3C2)ccc1OC(F)F. The molecular weight excluding hydrogens is 410 g/mol. The van der Waals surface area contributed by atoms with Crippen molar-refractivity contribution >= 4 is 5.96 Å². The fourth-order valence-electron chi connectivity index (χ4n) is 3.37. The number of hydrogen-bond acceptors (Lipinski definition) is 6. The zero-order valence-corrected chi connectivity index (χ0v) is 17.9. The van der Waals surface area contributed by atoms with Crippen LogP contribution >= 0.6 is 0 Å². The molecule has 0 amide bonds. The molecule has 31 heavy (non-hydrogen) atoms. The van der Waals surface area contributed by atoms with E-state index in [9.17, 15) is 8.78 Å². The Hall–Kier alpha value is -2.95. The highest BCUT2D eigenvalue weighted by atomic mass is 19.3. The topological polar surface area (TPSA) is 94.8 Å². The first-order chi connectivity index (χ1) is 15.0. The van der Waals surface area contributed by atoms with Gasteiger partial charge >= 0.3 is 6.61 Å².